The Balaban J connectivity index is 3.08. The van der Waals surface area contributed by atoms with Crippen molar-refractivity contribution in [3.05, 3.63) is 0 Å². The molecule has 0 aliphatic carbocycles. The molecule has 0 fully saturated rings. The normalized spacial score (nSPS) is 12.5. The average Bonchev–Trinajstić information content (AvgIpc) is 2.26. The molecule has 90 valence electrons. The van der Waals surface area contributed by atoms with Crippen molar-refractivity contribution in [2.24, 2.45) is 0 Å². The van der Waals surface area contributed by atoms with Gasteiger partial charge in [-0.25, -0.2) is 0 Å². The Morgan fingerprint density at radius 3 is 2.47 bits per heavy atom. The molecule has 0 spiro atoms. The van der Waals surface area contributed by atoms with Crippen molar-refractivity contribution in [1.29, 1.82) is 0 Å². The van der Waals surface area contributed by atoms with Crippen molar-refractivity contribution in [1.82, 2.24) is 0 Å². The molecular weight excluding hydrogens is 307 g/mol. The minimum absolute atomic E-state index is 0.115. The van der Waals surface area contributed by atoms with Gasteiger partial charge in [0.05, 0.1) is 13.2 Å². The van der Waals surface area contributed by atoms with Gasteiger partial charge in [0.15, 0.2) is 0 Å². The zero-order chi connectivity index (χ0) is 11.5. The number of methoxy groups -OCH3 is 1. The molecule has 0 radical (unpaired) electrons. The lowest BCUT2D eigenvalue weighted by Crippen LogP contribution is -2.06. The number of carbonyl (C=O) groups excluding carboxylic acids is 1. The molecule has 1 N–H and O–H groups in total. The van der Waals surface area contributed by atoms with E-state index in [1.165, 1.54) is 7.11 Å². The maximum Gasteiger partial charge on any atom is 0.305 e. The molecule has 0 aliphatic heterocycles. The van der Waals surface area contributed by atoms with Gasteiger partial charge in [-0.3, -0.25) is 4.79 Å². The number of aliphatic hydroxyl groups excluding tert-OH is 1. The van der Waals surface area contributed by atoms with Crippen LogP contribution in [-0.2, 0) is 9.53 Å². The number of ether oxygens (including phenoxy) is 1. The van der Waals surface area contributed by atoms with Crippen LogP contribution in [0, 0.1) is 0 Å². The van der Waals surface area contributed by atoms with Gasteiger partial charge < -0.3 is 9.84 Å². The number of hydrogen-bond acceptors (Lipinski definition) is 3. The van der Waals surface area contributed by atoms with Gasteiger partial charge in [0.25, 0.3) is 0 Å². The van der Waals surface area contributed by atoms with Crippen LogP contribution in [0.2, 0.25) is 0 Å². The first-order valence-electron chi connectivity index (χ1n) is 5.51. The highest BCUT2D eigenvalue weighted by Gasteiger charge is 2.01. The summed E-state index contributed by atoms with van der Waals surface area (Å²) in [5.41, 5.74) is 0. The highest BCUT2D eigenvalue weighted by atomic mass is 127. The fraction of sp³-hybridized carbons (Fsp3) is 0.909. The molecule has 1 atom stereocenters. The Bertz CT molecular complexity index is 162. The highest BCUT2D eigenvalue weighted by Crippen LogP contribution is 2.10. The van der Waals surface area contributed by atoms with Gasteiger partial charge in [-0.2, -0.15) is 0 Å². The summed E-state index contributed by atoms with van der Waals surface area (Å²) in [5.74, 6) is -0.115. The number of carbonyl (C=O) groups is 1. The Kier molecular flexibility index (Phi) is 10.8. The van der Waals surface area contributed by atoms with Crippen LogP contribution in [0.25, 0.3) is 0 Å². The van der Waals surface area contributed by atoms with E-state index in [4.69, 9.17) is 0 Å². The number of hydrogen-bond donors (Lipinski definition) is 1. The number of unbranched alkanes of at least 4 members (excludes halogenated alkanes) is 4. The van der Waals surface area contributed by atoms with E-state index in [-0.39, 0.29) is 12.1 Å². The predicted octanol–water partition coefficient (Wildman–Crippen LogP) is 2.69. The molecule has 0 rings (SSSR count). The van der Waals surface area contributed by atoms with Gasteiger partial charge in [0, 0.05) is 10.8 Å². The largest absolute Gasteiger partial charge is 0.469 e. The lowest BCUT2D eigenvalue weighted by molar-refractivity contribution is -0.140. The van der Waals surface area contributed by atoms with Crippen LogP contribution in [0.5, 0.6) is 0 Å². The van der Waals surface area contributed by atoms with E-state index in [0.717, 1.165) is 43.0 Å². The van der Waals surface area contributed by atoms with Crippen LogP contribution < -0.4 is 0 Å². The number of rotatable bonds is 9. The maximum atomic E-state index is 10.8. The summed E-state index contributed by atoms with van der Waals surface area (Å²) in [6.07, 6.45) is 6.67. The molecule has 0 aliphatic rings. The third-order valence-corrected chi connectivity index (χ3v) is 3.34. The molecular formula is C11H21IO3. The first-order valence-corrected chi connectivity index (χ1v) is 7.04. The van der Waals surface area contributed by atoms with Gasteiger partial charge in [0.1, 0.15) is 0 Å². The van der Waals surface area contributed by atoms with Crippen molar-refractivity contribution >= 4 is 28.6 Å². The zero-order valence-corrected chi connectivity index (χ0v) is 11.5. The van der Waals surface area contributed by atoms with Gasteiger partial charge in [-0.05, 0) is 12.8 Å². The number of alkyl halides is 1. The SMILES string of the molecule is COC(=O)CCCCCCC[C@H](O)CI. The quantitative estimate of drug-likeness (QED) is 0.306. The summed E-state index contributed by atoms with van der Waals surface area (Å²) >= 11 is 2.20. The zero-order valence-electron chi connectivity index (χ0n) is 9.38. The van der Waals surface area contributed by atoms with Gasteiger partial charge >= 0.3 is 5.97 Å². The minimum atomic E-state index is -0.138. The molecule has 0 saturated carbocycles. The van der Waals surface area contributed by atoms with Crippen molar-refractivity contribution in [2.45, 2.75) is 51.0 Å². The first kappa shape index (κ1) is 15.2. The van der Waals surface area contributed by atoms with Crippen LogP contribution >= 0.6 is 22.6 Å². The Hall–Kier alpha value is 0.160. The van der Waals surface area contributed by atoms with Gasteiger partial charge in [0.2, 0.25) is 0 Å². The van der Waals surface area contributed by atoms with Crippen LogP contribution in [0.4, 0.5) is 0 Å². The molecule has 0 amide bonds. The molecule has 0 aromatic carbocycles. The standard InChI is InChI=1S/C11H21IO3/c1-15-11(14)8-6-4-2-3-5-7-10(13)9-12/h10,13H,2-9H2,1H3/t10-/m0/s1. The Morgan fingerprint density at radius 1 is 1.27 bits per heavy atom. The molecule has 0 aromatic rings. The topological polar surface area (TPSA) is 46.5 Å². The summed E-state index contributed by atoms with van der Waals surface area (Å²) in [4.78, 5) is 10.8. The average molecular weight is 328 g/mol. The molecule has 3 nitrogen and oxygen atoms in total. The fourth-order valence-electron chi connectivity index (χ4n) is 1.36. The summed E-state index contributed by atoms with van der Waals surface area (Å²) in [7, 11) is 1.42. The summed E-state index contributed by atoms with van der Waals surface area (Å²) in [6.45, 7) is 0. The molecule has 0 aromatic heterocycles. The maximum absolute atomic E-state index is 10.8. The molecule has 15 heavy (non-hydrogen) atoms. The van der Waals surface area contributed by atoms with Crippen LogP contribution in [0.1, 0.15) is 44.9 Å². The summed E-state index contributed by atoms with van der Waals surface area (Å²) in [6, 6.07) is 0. The Labute approximate surface area is 106 Å². The highest BCUT2D eigenvalue weighted by molar-refractivity contribution is 14.1. The summed E-state index contributed by atoms with van der Waals surface area (Å²) < 4.78 is 5.37. The molecule has 0 heterocycles. The lowest BCUT2D eigenvalue weighted by Gasteiger charge is -2.05. The summed E-state index contributed by atoms with van der Waals surface area (Å²) in [5, 5.41) is 9.30. The molecule has 0 unspecified atom stereocenters. The smallest absolute Gasteiger partial charge is 0.305 e. The van der Waals surface area contributed by atoms with E-state index in [1.807, 2.05) is 0 Å². The predicted molar refractivity (Wildman–Crippen MR) is 69.2 cm³/mol. The number of aliphatic hydroxyl groups is 1. The fourth-order valence-corrected chi connectivity index (χ4v) is 1.80. The number of halogens is 1. The second-order valence-corrected chi connectivity index (χ2v) is 4.57. The minimum Gasteiger partial charge on any atom is -0.469 e. The number of esters is 1. The van der Waals surface area contributed by atoms with E-state index in [0.29, 0.717) is 6.42 Å². The van der Waals surface area contributed by atoms with Crippen molar-refractivity contribution in [3.8, 4) is 0 Å². The van der Waals surface area contributed by atoms with Gasteiger partial charge in [-0.1, -0.05) is 48.3 Å². The van der Waals surface area contributed by atoms with E-state index in [1.54, 1.807) is 0 Å². The Morgan fingerprint density at radius 2 is 1.87 bits per heavy atom. The van der Waals surface area contributed by atoms with Crippen molar-refractivity contribution in [2.75, 3.05) is 11.5 Å². The molecule has 4 heteroatoms. The van der Waals surface area contributed by atoms with Crippen LogP contribution in [-0.4, -0.2) is 28.7 Å². The molecule has 0 saturated heterocycles. The van der Waals surface area contributed by atoms with Gasteiger partial charge in [-0.15, -0.1) is 0 Å². The van der Waals surface area contributed by atoms with Crippen LogP contribution in [0.3, 0.4) is 0 Å². The van der Waals surface area contributed by atoms with E-state index in [9.17, 15) is 9.90 Å². The molecule has 0 bridgehead atoms. The lowest BCUT2D eigenvalue weighted by atomic mass is 10.1. The monoisotopic (exact) mass is 328 g/mol. The van der Waals surface area contributed by atoms with E-state index >= 15 is 0 Å². The third-order valence-electron chi connectivity index (χ3n) is 2.32. The third kappa shape index (κ3) is 10.4. The van der Waals surface area contributed by atoms with E-state index in [2.05, 4.69) is 27.3 Å². The second-order valence-electron chi connectivity index (χ2n) is 3.69. The van der Waals surface area contributed by atoms with Crippen LogP contribution in [0.15, 0.2) is 0 Å². The second kappa shape index (κ2) is 10.7. The first-order chi connectivity index (χ1) is 7.20. The van der Waals surface area contributed by atoms with E-state index < -0.39 is 0 Å². The van der Waals surface area contributed by atoms with Crippen molar-refractivity contribution in [3.63, 3.8) is 0 Å². The van der Waals surface area contributed by atoms with Crippen molar-refractivity contribution < 1.29 is 14.6 Å².